The highest BCUT2D eigenvalue weighted by atomic mass is 16.3. The molecule has 0 spiro atoms. The lowest BCUT2D eigenvalue weighted by molar-refractivity contribution is 0.139. The minimum absolute atomic E-state index is 0.532. The molecular formula is C13H21NO. The van der Waals surface area contributed by atoms with Crippen molar-refractivity contribution in [2.24, 2.45) is 0 Å². The van der Waals surface area contributed by atoms with Crippen LogP contribution in [0.2, 0.25) is 0 Å². The van der Waals surface area contributed by atoms with Crippen molar-refractivity contribution in [3.8, 4) is 0 Å². The fourth-order valence-corrected chi connectivity index (χ4v) is 1.47. The van der Waals surface area contributed by atoms with Gasteiger partial charge in [0.15, 0.2) is 0 Å². The summed E-state index contributed by atoms with van der Waals surface area (Å²) in [5, 5.41) is 13.0. The second-order valence-electron chi connectivity index (χ2n) is 4.05. The molecule has 0 saturated carbocycles. The average molecular weight is 207 g/mol. The number of hydrogen-bond acceptors (Lipinski definition) is 2. The number of aliphatic hydroxyl groups excluding tert-OH is 1. The van der Waals surface area contributed by atoms with Crippen LogP contribution in [0.5, 0.6) is 0 Å². The van der Waals surface area contributed by atoms with Gasteiger partial charge >= 0.3 is 0 Å². The molecule has 1 atom stereocenters. The van der Waals surface area contributed by atoms with E-state index in [1.807, 2.05) is 12.1 Å². The molecule has 0 fully saturated rings. The van der Waals surface area contributed by atoms with Gasteiger partial charge in [-0.05, 0) is 43.5 Å². The molecule has 0 radical (unpaired) electrons. The van der Waals surface area contributed by atoms with Crippen molar-refractivity contribution < 1.29 is 5.11 Å². The van der Waals surface area contributed by atoms with Crippen LogP contribution in [0, 0.1) is 13.8 Å². The second-order valence-corrected chi connectivity index (χ2v) is 4.05. The number of rotatable bonds is 5. The maximum atomic E-state index is 9.85. The number of aliphatic hydroxyl groups is 1. The highest BCUT2D eigenvalue weighted by Gasteiger charge is 2.06. The van der Waals surface area contributed by atoms with Crippen molar-refractivity contribution in [2.75, 3.05) is 6.54 Å². The molecule has 0 bridgehead atoms. The number of unbranched alkanes of at least 4 members (excludes halogenated alkanes) is 1. The first-order chi connectivity index (χ1) is 7.15. The number of aryl methyl sites for hydroxylation is 2. The summed E-state index contributed by atoms with van der Waals surface area (Å²) in [6.45, 7) is 7.16. The summed E-state index contributed by atoms with van der Waals surface area (Å²) < 4.78 is 0. The molecule has 0 heterocycles. The normalized spacial score (nSPS) is 12.8. The van der Waals surface area contributed by atoms with Gasteiger partial charge in [0.1, 0.15) is 6.23 Å². The summed E-state index contributed by atoms with van der Waals surface area (Å²) in [7, 11) is 0. The summed E-state index contributed by atoms with van der Waals surface area (Å²) in [6.07, 6.45) is 1.71. The molecular weight excluding hydrogens is 186 g/mol. The summed E-state index contributed by atoms with van der Waals surface area (Å²) in [4.78, 5) is 0. The molecule has 1 rings (SSSR count). The Bertz CT molecular complexity index is 309. The Kier molecular flexibility index (Phi) is 4.79. The van der Waals surface area contributed by atoms with Crippen molar-refractivity contribution in [3.63, 3.8) is 0 Å². The first kappa shape index (κ1) is 12.2. The SMILES string of the molecule is CCCCNC(O)c1ccc(C)c(C)c1. The van der Waals surface area contributed by atoms with Crippen molar-refractivity contribution in [1.82, 2.24) is 5.32 Å². The molecule has 0 aliphatic heterocycles. The summed E-state index contributed by atoms with van der Waals surface area (Å²) >= 11 is 0. The van der Waals surface area contributed by atoms with Gasteiger partial charge in [-0.3, -0.25) is 5.32 Å². The molecule has 0 aromatic heterocycles. The third kappa shape index (κ3) is 3.65. The molecule has 84 valence electrons. The first-order valence-corrected chi connectivity index (χ1v) is 5.63. The Hall–Kier alpha value is -0.860. The second kappa shape index (κ2) is 5.89. The predicted molar refractivity (Wildman–Crippen MR) is 63.8 cm³/mol. The first-order valence-electron chi connectivity index (χ1n) is 5.63. The lowest BCUT2D eigenvalue weighted by atomic mass is 10.1. The van der Waals surface area contributed by atoms with Crippen LogP contribution in [0.15, 0.2) is 18.2 Å². The van der Waals surface area contributed by atoms with Gasteiger partial charge in [-0.15, -0.1) is 0 Å². The van der Waals surface area contributed by atoms with Crippen molar-refractivity contribution in [1.29, 1.82) is 0 Å². The molecule has 1 unspecified atom stereocenters. The zero-order valence-corrected chi connectivity index (χ0v) is 9.88. The highest BCUT2D eigenvalue weighted by molar-refractivity contribution is 5.30. The van der Waals surface area contributed by atoms with Gasteiger partial charge < -0.3 is 5.11 Å². The molecule has 1 aromatic carbocycles. The Morgan fingerprint density at radius 1 is 1.27 bits per heavy atom. The third-order valence-electron chi connectivity index (χ3n) is 2.71. The molecule has 2 nitrogen and oxygen atoms in total. The molecule has 0 amide bonds. The molecule has 0 aliphatic rings. The number of hydrogen-bond donors (Lipinski definition) is 2. The van der Waals surface area contributed by atoms with E-state index in [9.17, 15) is 5.11 Å². The van der Waals surface area contributed by atoms with Crippen LogP contribution in [-0.2, 0) is 0 Å². The highest BCUT2D eigenvalue weighted by Crippen LogP contribution is 2.15. The summed E-state index contributed by atoms with van der Waals surface area (Å²) in [5.74, 6) is 0. The van der Waals surface area contributed by atoms with Gasteiger partial charge in [-0.2, -0.15) is 0 Å². The minimum atomic E-state index is -0.532. The van der Waals surface area contributed by atoms with E-state index in [0.717, 1.165) is 24.9 Å². The van der Waals surface area contributed by atoms with Gasteiger partial charge in [-0.1, -0.05) is 31.5 Å². The van der Waals surface area contributed by atoms with Gasteiger partial charge in [0.25, 0.3) is 0 Å². The van der Waals surface area contributed by atoms with Gasteiger partial charge in [0.05, 0.1) is 0 Å². The van der Waals surface area contributed by atoms with E-state index in [1.165, 1.54) is 11.1 Å². The lowest BCUT2D eigenvalue weighted by Crippen LogP contribution is -2.21. The van der Waals surface area contributed by atoms with Gasteiger partial charge in [0, 0.05) is 0 Å². The zero-order chi connectivity index (χ0) is 11.3. The van der Waals surface area contributed by atoms with Crippen molar-refractivity contribution >= 4 is 0 Å². The van der Waals surface area contributed by atoms with Crippen LogP contribution in [-0.4, -0.2) is 11.7 Å². The van der Waals surface area contributed by atoms with Gasteiger partial charge in [0.2, 0.25) is 0 Å². The zero-order valence-electron chi connectivity index (χ0n) is 9.88. The molecule has 2 N–H and O–H groups in total. The molecule has 1 aromatic rings. The maximum Gasteiger partial charge on any atom is 0.131 e. The lowest BCUT2D eigenvalue weighted by Gasteiger charge is -2.14. The molecule has 0 saturated heterocycles. The molecule has 0 aliphatic carbocycles. The van der Waals surface area contributed by atoms with E-state index in [-0.39, 0.29) is 0 Å². The maximum absolute atomic E-state index is 9.85. The van der Waals surface area contributed by atoms with Crippen molar-refractivity contribution in [3.05, 3.63) is 34.9 Å². The van der Waals surface area contributed by atoms with Crippen LogP contribution in [0.4, 0.5) is 0 Å². The predicted octanol–water partition coefficient (Wildman–Crippen LogP) is 2.68. The van der Waals surface area contributed by atoms with E-state index >= 15 is 0 Å². The minimum Gasteiger partial charge on any atom is -0.374 e. The Labute approximate surface area is 92.3 Å². The fraction of sp³-hybridized carbons (Fsp3) is 0.538. The van der Waals surface area contributed by atoms with E-state index in [2.05, 4.69) is 32.2 Å². The van der Waals surface area contributed by atoms with Crippen LogP contribution >= 0.6 is 0 Å². The van der Waals surface area contributed by atoms with E-state index < -0.39 is 6.23 Å². The van der Waals surface area contributed by atoms with E-state index in [4.69, 9.17) is 0 Å². The number of nitrogens with one attached hydrogen (secondary N) is 1. The summed E-state index contributed by atoms with van der Waals surface area (Å²) in [5.41, 5.74) is 3.44. The smallest absolute Gasteiger partial charge is 0.131 e. The topological polar surface area (TPSA) is 32.3 Å². The fourth-order valence-electron chi connectivity index (χ4n) is 1.47. The summed E-state index contributed by atoms with van der Waals surface area (Å²) in [6, 6.07) is 6.07. The Balaban J connectivity index is 2.57. The molecule has 2 heteroatoms. The van der Waals surface area contributed by atoms with Crippen LogP contribution in [0.1, 0.15) is 42.7 Å². The van der Waals surface area contributed by atoms with E-state index in [0.29, 0.717) is 0 Å². The average Bonchev–Trinajstić information content (AvgIpc) is 2.22. The Morgan fingerprint density at radius 3 is 2.60 bits per heavy atom. The third-order valence-corrected chi connectivity index (χ3v) is 2.71. The van der Waals surface area contributed by atoms with Crippen LogP contribution in [0.25, 0.3) is 0 Å². The van der Waals surface area contributed by atoms with Gasteiger partial charge in [-0.25, -0.2) is 0 Å². The monoisotopic (exact) mass is 207 g/mol. The quantitative estimate of drug-likeness (QED) is 0.574. The molecule has 15 heavy (non-hydrogen) atoms. The largest absolute Gasteiger partial charge is 0.374 e. The van der Waals surface area contributed by atoms with E-state index in [1.54, 1.807) is 0 Å². The number of benzene rings is 1. The Morgan fingerprint density at radius 2 is 2.00 bits per heavy atom. The standard InChI is InChI=1S/C13H21NO/c1-4-5-8-14-13(15)12-7-6-10(2)11(3)9-12/h6-7,9,13-15H,4-5,8H2,1-3H3. The van der Waals surface area contributed by atoms with Crippen LogP contribution < -0.4 is 5.32 Å². The van der Waals surface area contributed by atoms with Crippen molar-refractivity contribution in [2.45, 2.75) is 39.8 Å². The van der Waals surface area contributed by atoms with Crippen LogP contribution in [0.3, 0.4) is 0 Å².